The van der Waals surface area contributed by atoms with E-state index >= 15 is 0 Å². The Morgan fingerprint density at radius 3 is 2.55 bits per heavy atom. The summed E-state index contributed by atoms with van der Waals surface area (Å²) in [6.45, 7) is 7.55. The van der Waals surface area contributed by atoms with Crippen molar-refractivity contribution in [2.75, 3.05) is 6.54 Å². The van der Waals surface area contributed by atoms with E-state index in [2.05, 4.69) is 31.2 Å². The molecule has 0 saturated heterocycles. The largest absolute Gasteiger partial charge is 0.506 e. The fraction of sp³-hybridized carbons (Fsp3) is 0.412. The average Bonchev–Trinajstić information content (AvgIpc) is 2.49. The number of aromatic hydroxyl groups is 1. The number of benzene rings is 1. The van der Waals surface area contributed by atoms with Crippen molar-refractivity contribution < 1.29 is 5.11 Å². The predicted molar refractivity (Wildman–Crippen MR) is 87.4 cm³/mol. The summed E-state index contributed by atoms with van der Waals surface area (Å²) >= 11 is 0. The van der Waals surface area contributed by atoms with Crippen LogP contribution < -0.4 is 10.9 Å². The van der Waals surface area contributed by atoms with Crippen LogP contribution in [0.3, 0.4) is 0 Å². The first kappa shape index (κ1) is 16.2. The second-order valence-corrected chi connectivity index (χ2v) is 5.77. The Morgan fingerprint density at radius 2 is 1.95 bits per heavy atom. The maximum absolute atomic E-state index is 12.0. The van der Waals surface area contributed by atoms with E-state index in [1.165, 1.54) is 16.3 Å². The summed E-state index contributed by atoms with van der Waals surface area (Å²) in [5.41, 5.74) is 2.04. The molecule has 22 heavy (non-hydrogen) atoms. The molecule has 2 aromatic rings. The van der Waals surface area contributed by atoms with Crippen molar-refractivity contribution in [1.29, 1.82) is 0 Å². The predicted octanol–water partition coefficient (Wildman–Crippen LogP) is 2.25. The van der Waals surface area contributed by atoms with E-state index in [-0.39, 0.29) is 11.3 Å². The van der Waals surface area contributed by atoms with Crippen LogP contribution in [-0.4, -0.2) is 21.4 Å². The van der Waals surface area contributed by atoms with Gasteiger partial charge in [-0.2, -0.15) is 9.78 Å². The number of hydrogen-bond acceptors (Lipinski definition) is 4. The van der Waals surface area contributed by atoms with E-state index in [0.717, 1.165) is 13.0 Å². The van der Waals surface area contributed by atoms with Gasteiger partial charge < -0.3 is 10.4 Å². The third-order valence-corrected chi connectivity index (χ3v) is 3.42. The molecule has 0 spiro atoms. The van der Waals surface area contributed by atoms with E-state index in [1.54, 1.807) is 0 Å². The minimum atomic E-state index is -0.339. The van der Waals surface area contributed by atoms with Crippen molar-refractivity contribution in [3.63, 3.8) is 0 Å². The summed E-state index contributed by atoms with van der Waals surface area (Å²) in [7, 11) is 0. The molecule has 0 radical (unpaired) electrons. The zero-order valence-corrected chi connectivity index (χ0v) is 13.3. The van der Waals surface area contributed by atoms with Gasteiger partial charge in [0.1, 0.15) is 11.4 Å². The van der Waals surface area contributed by atoms with Gasteiger partial charge >= 0.3 is 0 Å². The van der Waals surface area contributed by atoms with Crippen LogP contribution in [0.1, 0.15) is 32.0 Å². The smallest absolute Gasteiger partial charge is 0.275 e. The van der Waals surface area contributed by atoms with Crippen LogP contribution in [0.15, 0.2) is 35.1 Å². The molecule has 1 aromatic heterocycles. The molecule has 0 bridgehead atoms. The molecule has 0 fully saturated rings. The highest BCUT2D eigenvalue weighted by Crippen LogP contribution is 2.13. The fourth-order valence-corrected chi connectivity index (χ4v) is 2.15. The molecule has 2 rings (SSSR count). The maximum atomic E-state index is 12.0. The van der Waals surface area contributed by atoms with Gasteiger partial charge in [0.05, 0.1) is 5.69 Å². The van der Waals surface area contributed by atoms with Crippen molar-refractivity contribution in [3.8, 4) is 11.4 Å². The van der Waals surface area contributed by atoms with Gasteiger partial charge in [-0.25, -0.2) is 0 Å². The molecular weight excluding hydrogens is 278 g/mol. The zero-order chi connectivity index (χ0) is 16.1. The number of rotatable bonds is 6. The molecule has 5 nitrogen and oxygen atoms in total. The fourth-order valence-electron chi connectivity index (χ4n) is 2.15. The topological polar surface area (TPSA) is 67.2 Å². The van der Waals surface area contributed by atoms with Gasteiger partial charge in [0.2, 0.25) is 0 Å². The van der Waals surface area contributed by atoms with Crippen LogP contribution in [0, 0.1) is 5.92 Å². The lowest BCUT2D eigenvalue weighted by Crippen LogP contribution is -2.25. The highest BCUT2D eigenvalue weighted by molar-refractivity contribution is 5.35. The van der Waals surface area contributed by atoms with Gasteiger partial charge in [-0.05, 0) is 36.6 Å². The molecule has 0 amide bonds. The molecule has 0 unspecified atom stereocenters. The Labute approximate surface area is 130 Å². The summed E-state index contributed by atoms with van der Waals surface area (Å²) in [4.78, 5) is 12.0. The highest BCUT2D eigenvalue weighted by atomic mass is 16.3. The minimum absolute atomic E-state index is 0.0670. The molecule has 2 N–H and O–H groups in total. The van der Waals surface area contributed by atoms with Crippen molar-refractivity contribution in [2.45, 2.75) is 33.7 Å². The number of aromatic nitrogens is 2. The molecule has 1 aromatic carbocycles. The van der Waals surface area contributed by atoms with E-state index < -0.39 is 0 Å². The van der Waals surface area contributed by atoms with E-state index in [9.17, 15) is 9.90 Å². The molecule has 0 aliphatic heterocycles. The molecule has 1 heterocycles. The second-order valence-electron chi connectivity index (χ2n) is 5.77. The standard InChI is InChI=1S/C17H23N3O2/c1-4-13-5-7-14(8-6-13)20-17(22)9-16(21)15(19-20)11-18-10-12(2)3/h5-9,12,18,21H,4,10-11H2,1-3H3. The van der Waals surface area contributed by atoms with Gasteiger partial charge in [-0.1, -0.05) is 32.9 Å². The second kappa shape index (κ2) is 7.22. The molecule has 118 valence electrons. The van der Waals surface area contributed by atoms with E-state index in [0.29, 0.717) is 23.8 Å². The number of nitrogens with one attached hydrogen (secondary N) is 1. The number of hydrogen-bond donors (Lipinski definition) is 2. The SMILES string of the molecule is CCc1ccc(-n2nc(CNCC(C)C)c(O)cc2=O)cc1. The lowest BCUT2D eigenvalue weighted by atomic mass is 10.1. The Hall–Kier alpha value is -2.14. The van der Waals surface area contributed by atoms with Crippen LogP contribution in [0.5, 0.6) is 5.75 Å². The van der Waals surface area contributed by atoms with Crippen molar-refractivity contribution in [2.24, 2.45) is 5.92 Å². The molecule has 5 heteroatoms. The average molecular weight is 301 g/mol. The van der Waals surface area contributed by atoms with Gasteiger partial charge in [-0.3, -0.25) is 4.79 Å². The Bertz CT molecular complexity index is 675. The molecule has 0 aliphatic carbocycles. The normalized spacial score (nSPS) is 11.1. The van der Waals surface area contributed by atoms with Crippen LogP contribution in [-0.2, 0) is 13.0 Å². The van der Waals surface area contributed by atoms with Crippen LogP contribution in [0.2, 0.25) is 0 Å². The van der Waals surface area contributed by atoms with E-state index in [1.807, 2.05) is 24.3 Å². The van der Waals surface area contributed by atoms with Gasteiger partial charge in [0.25, 0.3) is 5.56 Å². The Kier molecular flexibility index (Phi) is 5.33. The van der Waals surface area contributed by atoms with Crippen LogP contribution >= 0.6 is 0 Å². The molecule has 0 atom stereocenters. The van der Waals surface area contributed by atoms with Crippen LogP contribution in [0.25, 0.3) is 5.69 Å². The monoisotopic (exact) mass is 301 g/mol. The van der Waals surface area contributed by atoms with Crippen LogP contribution in [0.4, 0.5) is 0 Å². The highest BCUT2D eigenvalue weighted by Gasteiger charge is 2.09. The van der Waals surface area contributed by atoms with Crippen molar-refractivity contribution >= 4 is 0 Å². The van der Waals surface area contributed by atoms with Crippen molar-refractivity contribution in [1.82, 2.24) is 15.1 Å². The first-order valence-electron chi connectivity index (χ1n) is 7.63. The minimum Gasteiger partial charge on any atom is -0.506 e. The first-order chi connectivity index (χ1) is 10.5. The lowest BCUT2D eigenvalue weighted by molar-refractivity contribution is 0.447. The summed E-state index contributed by atoms with van der Waals surface area (Å²) < 4.78 is 1.32. The third-order valence-electron chi connectivity index (χ3n) is 3.42. The summed E-state index contributed by atoms with van der Waals surface area (Å²) in [6.07, 6.45) is 0.947. The zero-order valence-electron chi connectivity index (χ0n) is 13.3. The lowest BCUT2D eigenvalue weighted by Gasteiger charge is -2.11. The summed E-state index contributed by atoms with van der Waals surface area (Å²) in [5.74, 6) is 0.442. The van der Waals surface area contributed by atoms with Crippen molar-refractivity contribution in [3.05, 3.63) is 51.9 Å². The molecule has 0 aliphatic rings. The Morgan fingerprint density at radius 1 is 1.27 bits per heavy atom. The van der Waals surface area contributed by atoms with Gasteiger partial charge in [-0.15, -0.1) is 0 Å². The Balaban J connectivity index is 2.28. The van der Waals surface area contributed by atoms with E-state index in [4.69, 9.17) is 0 Å². The first-order valence-corrected chi connectivity index (χ1v) is 7.63. The summed E-state index contributed by atoms with van der Waals surface area (Å²) in [6, 6.07) is 8.92. The van der Waals surface area contributed by atoms with Gasteiger partial charge in [0.15, 0.2) is 0 Å². The quantitative estimate of drug-likeness (QED) is 0.859. The molecule has 0 saturated carbocycles. The summed E-state index contributed by atoms with van der Waals surface area (Å²) in [5, 5.41) is 17.4. The number of nitrogens with zero attached hydrogens (tertiary/aromatic N) is 2. The maximum Gasteiger partial charge on any atom is 0.275 e. The third kappa shape index (κ3) is 3.95. The molecular formula is C17H23N3O2. The number of aryl methyl sites for hydroxylation is 1. The van der Waals surface area contributed by atoms with Gasteiger partial charge in [0, 0.05) is 12.6 Å².